The number of rotatable bonds is 5. The summed E-state index contributed by atoms with van der Waals surface area (Å²) < 4.78 is 88.3. The number of halogens is 6. The molecule has 2 aromatic carbocycles. The Morgan fingerprint density at radius 3 is 2.03 bits per heavy atom. The second kappa shape index (κ2) is 8.35. The number of nitrogen functional groups attached to an aromatic ring is 1. The lowest BCUT2D eigenvalue weighted by atomic mass is 9.90. The third-order valence-corrected chi connectivity index (χ3v) is 4.99. The fourth-order valence-corrected chi connectivity index (χ4v) is 3.47. The Labute approximate surface area is 169 Å². The molecule has 30 heavy (non-hydrogen) atoms. The predicted molar refractivity (Wildman–Crippen MR) is 101 cm³/mol. The van der Waals surface area contributed by atoms with E-state index in [-0.39, 0.29) is 11.3 Å². The molecule has 1 aliphatic heterocycles. The second-order valence-electron chi connectivity index (χ2n) is 6.96. The predicted octanol–water partition coefficient (Wildman–Crippen LogP) is 4.22. The molecule has 0 unspecified atom stereocenters. The van der Waals surface area contributed by atoms with Gasteiger partial charge in [0, 0.05) is 31.7 Å². The smallest absolute Gasteiger partial charge is 0.397 e. The molecule has 0 saturated carbocycles. The number of hydrogen-bond donors (Lipinski definition) is 2. The van der Waals surface area contributed by atoms with Crippen LogP contribution in [0.15, 0.2) is 48.5 Å². The summed E-state index contributed by atoms with van der Waals surface area (Å²) in [5, 5.41) is 3.11. The highest BCUT2D eigenvalue weighted by Crippen LogP contribution is 2.54. The average molecular weight is 433 g/mol. The minimum Gasteiger partial charge on any atom is -0.397 e. The van der Waals surface area contributed by atoms with Gasteiger partial charge in [-0.05, 0) is 17.7 Å². The molecule has 0 aromatic heterocycles. The van der Waals surface area contributed by atoms with E-state index in [9.17, 15) is 26.3 Å². The van der Waals surface area contributed by atoms with Crippen molar-refractivity contribution in [2.45, 2.75) is 24.6 Å². The van der Waals surface area contributed by atoms with Crippen LogP contribution in [0.3, 0.4) is 0 Å². The zero-order valence-electron chi connectivity index (χ0n) is 15.9. The van der Waals surface area contributed by atoms with E-state index in [0.29, 0.717) is 37.9 Å². The summed E-state index contributed by atoms with van der Waals surface area (Å²) >= 11 is 0. The lowest BCUT2D eigenvalue weighted by molar-refractivity contribution is -0.392. The average Bonchev–Trinajstić information content (AvgIpc) is 2.68. The number of ether oxygens (including phenoxy) is 1. The van der Waals surface area contributed by atoms with Gasteiger partial charge in [0.15, 0.2) is 0 Å². The maximum absolute atomic E-state index is 13.9. The highest BCUT2D eigenvalue weighted by Gasteiger charge is 2.73. The Hall–Kier alpha value is -2.46. The summed E-state index contributed by atoms with van der Waals surface area (Å²) in [5.41, 5.74) is 0.681. The molecule has 0 amide bonds. The van der Waals surface area contributed by atoms with Crippen LogP contribution < -0.4 is 16.0 Å². The molecule has 0 bridgehead atoms. The van der Waals surface area contributed by atoms with E-state index in [1.165, 1.54) is 30.3 Å². The molecule has 0 aliphatic carbocycles. The minimum atomic E-state index is -5.76. The molecule has 0 spiro atoms. The van der Waals surface area contributed by atoms with E-state index in [4.69, 9.17) is 5.73 Å². The Kier molecular flexibility index (Phi) is 6.19. The van der Waals surface area contributed by atoms with Gasteiger partial charge in [0.05, 0.1) is 18.0 Å². The van der Waals surface area contributed by atoms with Crippen LogP contribution in [0, 0.1) is 0 Å². The molecule has 1 fully saturated rings. The highest BCUT2D eigenvalue weighted by atomic mass is 19.4. The highest BCUT2D eigenvalue weighted by molar-refractivity contribution is 5.69. The van der Waals surface area contributed by atoms with Gasteiger partial charge in [-0.15, -0.1) is 0 Å². The van der Waals surface area contributed by atoms with Crippen LogP contribution >= 0.6 is 0 Å². The van der Waals surface area contributed by atoms with Gasteiger partial charge in [0.2, 0.25) is 0 Å². The number of nitrogens with two attached hydrogens (primary N) is 1. The monoisotopic (exact) mass is 433 g/mol. The van der Waals surface area contributed by atoms with Crippen LogP contribution in [0.5, 0.6) is 0 Å². The number of piperazine rings is 1. The molecule has 3 N–H and O–H groups in total. The SMILES string of the molecule is Nc1cc(C(OCc2ccccc2)(C(F)(F)F)C(F)(F)F)ccc1N1CCNCC1. The van der Waals surface area contributed by atoms with Gasteiger partial charge in [-0.2, -0.15) is 26.3 Å². The number of nitrogens with one attached hydrogen (secondary N) is 1. The lowest BCUT2D eigenvalue weighted by Gasteiger charge is -2.38. The maximum Gasteiger partial charge on any atom is 0.430 e. The molecule has 4 nitrogen and oxygen atoms in total. The first-order valence-corrected chi connectivity index (χ1v) is 9.23. The summed E-state index contributed by atoms with van der Waals surface area (Å²) in [6, 6.07) is 10.1. The third-order valence-electron chi connectivity index (χ3n) is 4.99. The lowest BCUT2D eigenvalue weighted by Crippen LogP contribution is -2.56. The Balaban J connectivity index is 2.04. The van der Waals surface area contributed by atoms with Gasteiger partial charge < -0.3 is 20.7 Å². The van der Waals surface area contributed by atoms with Crippen molar-refractivity contribution in [3.05, 3.63) is 59.7 Å². The molecule has 1 heterocycles. The first-order chi connectivity index (χ1) is 14.1. The molecule has 10 heteroatoms. The molecular weight excluding hydrogens is 412 g/mol. The summed E-state index contributed by atoms with van der Waals surface area (Å²) in [7, 11) is 0. The summed E-state index contributed by atoms with van der Waals surface area (Å²) in [6.45, 7) is 1.47. The molecule has 2 aromatic rings. The van der Waals surface area contributed by atoms with Gasteiger partial charge >= 0.3 is 12.4 Å². The van der Waals surface area contributed by atoms with Crippen LogP contribution in [0.25, 0.3) is 0 Å². The number of alkyl halides is 6. The molecule has 0 atom stereocenters. The van der Waals surface area contributed by atoms with Crippen molar-refractivity contribution in [2.24, 2.45) is 0 Å². The Morgan fingerprint density at radius 2 is 1.50 bits per heavy atom. The van der Waals surface area contributed by atoms with Gasteiger partial charge in [-0.25, -0.2) is 0 Å². The van der Waals surface area contributed by atoms with Crippen molar-refractivity contribution in [3.8, 4) is 0 Å². The molecule has 1 saturated heterocycles. The van der Waals surface area contributed by atoms with E-state index in [1.54, 1.807) is 6.07 Å². The zero-order valence-corrected chi connectivity index (χ0v) is 15.9. The standard InChI is InChI=1S/C20H21F6N3O/c21-19(22,23)18(20(24,25)26,30-13-14-4-2-1-3-5-14)15-6-7-17(16(27)12-15)29-10-8-28-9-11-29/h1-7,12,28H,8-11,13,27H2. The minimum absolute atomic E-state index is 0.171. The van der Waals surface area contributed by atoms with E-state index >= 15 is 0 Å². The first-order valence-electron chi connectivity index (χ1n) is 9.23. The molecule has 164 valence electrons. The van der Waals surface area contributed by atoms with Crippen LogP contribution in [-0.4, -0.2) is 38.5 Å². The van der Waals surface area contributed by atoms with E-state index < -0.39 is 30.1 Å². The molecular formula is C20H21F6N3O. The van der Waals surface area contributed by atoms with Crippen molar-refractivity contribution < 1.29 is 31.1 Å². The third kappa shape index (κ3) is 4.20. The molecule has 3 rings (SSSR count). The van der Waals surface area contributed by atoms with Crippen LogP contribution in [0.4, 0.5) is 37.7 Å². The van der Waals surface area contributed by atoms with Crippen LogP contribution in [0.1, 0.15) is 11.1 Å². The van der Waals surface area contributed by atoms with Crippen LogP contribution in [0.2, 0.25) is 0 Å². The van der Waals surface area contributed by atoms with Gasteiger partial charge in [0.1, 0.15) is 0 Å². The van der Waals surface area contributed by atoms with Gasteiger partial charge in [-0.3, -0.25) is 0 Å². The maximum atomic E-state index is 13.9. The van der Waals surface area contributed by atoms with Gasteiger partial charge in [-0.1, -0.05) is 36.4 Å². The molecule has 0 radical (unpaired) electrons. The number of nitrogens with zero attached hydrogens (tertiary/aromatic N) is 1. The molecule has 1 aliphatic rings. The number of benzene rings is 2. The van der Waals surface area contributed by atoms with Gasteiger partial charge in [0.25, 0.3) is 5.60 Å². The fourth-order valence-electron chi connectivity index (χ4n) is 3.47. The fraction of sp³-hybridized carbons (Fsp3) is 0.400. The number of hydrogen-bond acceptors (Lipinski definition) is 4. The van der Waals surface area contributed by atoms with Crippen LogP contribution in [-0.2, 0) is 16.9 Å². The van der Waals surface area contributed by atoms with Crippen molar-refractivity contribution in [2.75, 3.05) is 36.8 Å². The van der Waals surface area contributed by atoms with E-state index in [0.717, 1.165) is 6.07 Å². The number of anilines is 2. The Bertz CT molecular complexity index is 834. The van der Waals surface area contributed by atoms with Crippen molar-refractivity contribution in [1.29, 1.82) is 0 Å². The van der Waals surface area contributed by atoms with E-state index in [2.05, 4.69) is 10.1 Å². The van der Waals surface area contributed by atoms with Crippen molar-refractivity contribution >= 4 is 11.4 Å². The summed E-state index contributed by atoms with van der Waals surface area (Å²) in [6.07, 6.45) is -11.5. The van der Waals surface area contributed by atoms with Crippen molar-refractivity contribution in [3.63, 3.8) is 0 Å². The largest absolute Gasteiger partial charge is 0.430 e. The second-order valence-corrected chi connectivity index (χ2v) is 6.96. The normalized spacial score (nSPS) is 16.0. The first kappa shape index (κ1) is 22.2. The summed E-state index contributed by atoms with van der Waals surface area (Å²) in [5.74, 6) is 0. The van der Waals surface area contributed by atoms with Crippen molar-refractivity contribution in [1.82, 2.24) is 5.32 Å². The van der Waals surface area contributed by atoms with E-state index in [1.807, 2.05) is 4.90 Å². The topological polar surface area (TPSA) is 50.5 Å². The zero-order chi connectivity index (χ0) is 22.0. The Morgan fingerprint density at radius 1 is 0.900 bits per heavy atom. The quantitative estimate of drug-likeness (QED) is 0.548. The summed E-state index contributed by atoms with van der Waals surface area (Å²) in [4.78, 5) is 1.81.